The van der Waals surface area contributed by atoms with E-state index < -0.39 is 0 Å². The molecule has 2 aromatic carbocycles. The van der Waals surface area contributed by atoms with Crippen LogP contribution in [0.2, 0.25) is 0 Å². The van der Waals surface area contributed by atoms with Crippen molar-refractivity contribution >= 4 is 0 Å². The van der Waals surface area contributed by atoms with Gasteiger partial charge in [-0.05, 0) is 23.8 Å². The van der Waals surface area contributed by atoms with Crippen LogP contribution in [-0.4, -0.2) is 58.1 Å². The Labute approximate surface area is 212 Å². The highest BCUT2D eigenvalue weighted by Gasteiger charge is 2.22. The number of pyridine rings is 1. The van der Waals surface area contributed by atoms with Crippen LogP contribution in [0.25, 0.3) is 11.4 Å². The number of ether oxygens (including phenoxy) is 2. The highest BCUT2D eigenvalue weighted by atomic mass is 16.5. The molecule has 36 heavy (non-hydrogen) atoms. The summed E-state index contributed by atoms with van der Waals surface area (Å²) in [5.74, 6) is 2.54. The van der Waals surface area contributed by atoms with Gasteiger partial charge in [0.25, 0.3) is 0 Å². The molecular weight excluding hydrogens is 450 g/mol. The third-order valence-corrected chi connectivity index (χ3v) is 6.72. The van der Waals surface area contributed by atoms with Crippen LogP contribution in [0, 0.1) is 0 Å². The molecule has 0 saturated carbocycles. The summed E-state index contributed by atoms with van der Waals surface area (Å²) in [6, 6.07) is 22.8. The minimum Gasteiger partial charge on any atom is -0.496 e. The average molecular weight is 484 g/mol. The zero-order valence-electron chi connectivity index (χ0n) is 21.0. The van der Waals surface area contributed by atoms with E-state index in [2.05, 4.69) is 47.1 Å². The van der Waals surface area contributed by atoms with E-state index in [0.29, 0.717) is 6.54 Å². The SMILES string of the molecule is COc1ccccc1C(C)c1nc(-c2ccc(CN3CCOCC3)cc2)nn1CCc1ccccn1. The normalized spacial score (nSPS) is 15.1. The molecular formula is C29H33N5O2. The lowest BCUT2D eigenvalue weighted by Crippen LogP contribution is -2.35. The smallest absolute Gasteiger partial charge is 0.181 e. The molecule has 2 aromatic heterocycles. The molecule has 1 aliphatic rings. The highest BCUT2D eigenvalue weighted by Crippen LogP contribution is 2.32. The number of hydrogen-bond acceptors (Lipinski definition) is 6. The fraction of sp³-hybridized carbons (Fsp3) is 0.345. The maximum absolute atomic E-state index is 5.64. The van der Waals surface area contributed by atoms with Crippen molar-refractivity contribution in [3.63, 3.8) is 0 Å². The Bertz CT molecular complexity index is 1250. The summed E-state index contributed by atoms with van der Waals surface area (Å²) < 4.78 is 13.1. The number of aromatic nitrogens is 4. The number of aryl methyl sites for hydroxylation is 2. The van der Waals surface area contributed by atoms with Crippen molar-refractivity contribution in [1.82, 2.24) is 24.6 Å². The lowest BCUT2D eigenvalue weighted by Gasteiger charge is -2.26. The Morgan fingerprint density at radius 2 is 1.75 bits per heavy atom. The Morgan fingerprint density at radius 1 is 0.972 bits per heavy atom. The quantitative estimate of drug-likeness (QED) is 0.347. The molecule has 1 saturated heterocycles. The Balaban J connectivity index is 1.41. The van der Waals surface area contributed by atoms with Crippen LogP contribution in [0.1, 0.15) is 35.5 Å². The summed E-state index contributed by atoms with van der Waals surface area (Å²) in [6.45, 7) is 7.38. The van der Waals surface area contributed by atoms with Crippen LogP contribution in [0.5, 0.6) is 5.75 Å². The molecule has 1 fully saturated rings. The van der Waals surface area contributed by atoms with Crippen molar-refractivity contribution in [1.29, 1.82) is 0 Å². The topological polar surface area (TPSA) is 65.3 Å². The molecule has 1 unspecified atom stereocenters. The second kappa shape index (κ2) is 11.5. The first-order valence-corrected chi connectivity index (χ1v) is 12.6. The van der Waals surface area contributed by atoms with E-state index in [0.717, 1.165) is 73.5 Å². The third-order valence-electron chi connectivity index (χ3n) is 6.72. The molecule has 1 aliphatic heterocycles. The summed E-state index contributed by atoms with van der Waals surface area (Å²) in [4.78, 5) is 11.9. The van der Waals surface area contributed by atoms with Crippen molar-refractivity contribution in [2.75, 3.05) is 33.4 Å². The van der Waals surface area contributed by atoms with Gasteiger partial charge in [-0.2, -0.15) is 5.10 Å². The van der Waals surface area contributed by atoms with Crippen LogP contribution in [0.3, 0.4) is 0 Å². The van der Waals surface area contributed by atoms with Gasteiger partial charge in [0.15, 0.2) is 5.82 Å². The zero-order chi connectivity index (χ0) is 24.7. The van der Waals surface area contributed by atoms with Gasteiger partial charge in [-0.3, -0.25) is 9.88 Å². The van der Waals surface area contributed by atoms with Gasteiger partial charge in [-0.25, -0.2) is 9.67 Å². The summed E-state index contributed by atoms with van der Waals surface area (Å²) in [6.07, 6.45) is 2.62. The van der Waals surface area contributed by atoms with E-state index in [1.807, 2.05) is 47.3 Å². The molecule has 0 bridgehead atoms. The van der Waals surface area contributed by atoms with Gasteiger partial charge in [0.05, 0.1) is 20.3 Å². The van der Waals surface area contributed by atoms with E-state index in [-0.39, 0.29) is 5.92 Å². The van der Waals surface area contributed by atoms with Crippen LogP contribution in [0.15, 0.2) is 72.9 Å². The molecule has 1 atom stereocenters. The van der Waals surface area contributed by atoms with Gasteiger partial charge in [0, 0.05) is 61.5 Å². The molecule has 5 rings (SSSR count). The molecule has 0 amide bonds. The van der Waals surface area contributed by atoms with Crippen molar-refractivity contribution in [2.45, 2.75) is 32.4 Å². The second-order valence-electron chi connectivity index (χ2n) is 9.14. The Kier molecular flexibility index (Phi) is 7.69. The van der Waals surface area contributed by atoms with E-state index in [4.69, 9.17) is 19.6 Å². The van der Waals surface area contributed by atoms with Crippen LogP contribution >= 0.6 is 0 Å². The van der Waals surface area contributed by atoms with Crippen LogP contribution in [-0.2, 0) is 24.2 Å². The number of para-hydroxylation sites is 1. The highest BCUT2D eigenvalue weighted by molar-refractivity contribution is 5.55. The van der Waals surface area contributed by atoms with E-state index >= 15 is 0 Å². The van der Waals surface area contributed by atoms with Gasteiger partial charge >= 0.3 is 0 Å². The summed E-state index contributed by atoms with van der Waals surface area (Å²) in [5, 5.41) is 4.95. The number of morpholine rings is 1. The van der Waals surface area contributed by atoms with E-state index in [1.165, 1.54) is 5.56 Å². The number of rotatable bonds is 9. The fourth-order valence-corrected chi connectivity index (χ4v) is 4.67. The van der Waals surface area contributed by atoms with E-state index in [1.54, 1.807) is 7.11 Å². The molecule has 0 radical (unpaired) electrons. The lowest BCUT2D eigenvalue weighted by atomic mass is 9.99. The van der Waals surface area contributed by atoms with Crippen molar-refractivity contribution < 1.29 is 9.47 Å². The zero-order valence-corrected chi connectivity index (χ0v) is 21.0. The molecule has 7 heteroatoms. The van der Waals surface area contributed by atoms with Gasteiger partial charge in [-0.1, -0.05) is 55.5 Å². The number of methoxy groups -OCH3 is 1. The maximum Gasteiger partial charge on any atom is 0.181 e. The standard InChI is InChI=1S/C29H33N5O2/c1-22(26-8-3-4-9-27(26)35-2)29-31-28(32-34(29)16-14-25-7-5-6-15-30-25)24-12-10-23(11-13-24)21-33-17-19-36-20-18-33/h3-13,15,22H,14,16-21H2,1-2H3. The first kappa shape index (κ1) is 24.2. The first-order valence-electron chi connectivity index (χ1n) is 12.6. The van der Waals surface area contributed by atoms with Crippen molar-refractivity contribution in [2.24, 2.45) is 0 Å². The van der Waals surface area contributed by atoms with Gasteiger partial charge < -0.3 is 9.47 Å². The predicted molar refractivity (Wildman–Crippen MR) is 140 cm³/mol. The average Bonchev–Trinajstić information content (AvgIpc) is 3.37. The van der Waals surface area contributed by atoms with Gasteiger partial charge in [-0.15, -0.1) is 0 Å². The fourth-order valence-electron chi connectivity index (χ4n) is 4.67. The molecule has 186 valence electrons. The largest absolute Gasteiger partial charge is 0.496 e. The molecule has 0 aliphatic carbocycles. The summed E-state index contributed by atoms with van der Waals surface area (Å²) >= 11 is 0. The minimum atomic E-state index is 0.0201. The maximum atomic E-state index is 5.64. The predicted octanol–water partition coefficient (Wildman–Crippen LogP) is 4.58. The molecule has 0 N–H and O–H groups in total. The lowest BCUT2D eigenvalue weighted by molar-refractivity contribution is 0.0342. The Morgan fingerprint density at radius 3 is 2.50 bits per heavy atom. The van der Waals surface area contributed by atoms with Gasteiger partial charge in [0.1, 0.15) is 11.6 Å². The number of benzene rings is 2. The monoisotopic (exact) mass is 483 g/mol. The molecule has 0 spiro atoms. The Hall–Kier alpha value is -3.55. The second-order valence-corrected chi connectivity index (χ2v) is 9.14. The van der Waals surface area contributed by atoms with Crippen LogP contribution < -0.4 is 4.74 Å². The minimum absolute atomic E-state index is 0.0201. The molecule has 7 nitrogen and oxygen atoms in total. The number of hydrogen-bond donors (Lipinski definition) is 0. The third kappa shape index (κ3) is 5.64. The van der Waals surface area contributed by atoms with Crippen LogP contribution in [0.4, 0.5) is 0 Å². The van der Waals surface area contributed by atoms with Gasteiger partial charge in [0.2, 0.25) is 0 Å². The van der Waals surface area contributed by atoms with Crippen molar-refractivity contribution in [3.8, 4) is 17.1 Å². The summed E-state index contributed by atoms with van der Waals surface area (Å²) in [7, 11) is 1.71. The number of nitrogens with zero attached hydrogens (tertiary/aromatic N) is 5. The summed E-state index contributed by atoms with van der Waals surface area (Å²) in [5.41, 5.74) is 4.44. The van der Waals surface area contributed by atoms with Crippen molar-refractivity contribution in [3.05, 3.63) is 95.6 Å². The van der Waals surface area contributed by atoms with E-state index in [9.17, 15) is 0 Å². The molecule has 3 heterocycles. The molecule has 4 aromatic rings. The first-order chi connectivity index (χ1) is 17.7.